The molecule has 2 N–H and O–H groups in total. The van der Waals surface area contributed by atoms with Crippen molar-refractivity contribution >= 4 is 29.5 Å². The van der Waals surface area contributed by atoms with Gasteiger partial charge >= 0.3 is 6.18 Å². The van der Waals surface area contributed by atoms with Crippen molar-refractivity contribution in [1.29, 1.82) is 0 Å². The summed E-state index contributed by atoms with van der Waals surface area (Å²) in [7, 11) is 1.83. The third-order valence-electron chi connectivity index (χ3n) is 7.91. The molecule has 5 rings (SSSR count). The number of hydrogen-bond acceptors (Lipinski definition) is 8. The maximum absolute atomic E-state index is 13.4. The molecule has 218 valence electrons. The summed E-state index contributed by atoms with van der Waals surface area (Å²) < 4.78 is 50.0. The fourth-order valence-electron chi connectivity index (χ4n) is 5.58. The normalized spacial score (nSPS) is 23.2. The number of aromatic nitrogens is 3. The van der Waals surface area contributed by atoms with Crippen LogP contribution >= 0.6 is 11.9 Å². The van der Waals surface area contributed by atoms with Crippen LogP contribution in [0, 0.1) is 18.3 Å². The SMILES string of the molecule is Cc1nn(C)cc1SNC(=O)c1ccc(N2C=CC(OCCC3(C(F)(F)F)CC3)N2)nc1N1CC(C)CC1(C)C. The molecule has 9 nitrogen and oxygen atoms in total. The van der Waals surface area contributed by atoms with Crippen molar-refractivity contribution in [2.75, 3.05) is 23.1 Å². The molecule has 0 bridgehead atoms. The zero-order valence-corrected chi connectivity index (χ0v) is 24.2. The molecule has 3 aliphatic rings. The van der Waals surface area contributed by atoms with E-state index >= 15 is 0 Å². The number of halogens is 3. The van der Waals surface area contributed by atoms with Crippen LogP contribution < -0.4 is 20.1 Å². The number of alkyl halides is 3. The summed E-state index contributed by atoms with van der Waals surface area (Å²) in [6.45, 7) is 9.12. The average Bonchev–Trinajstić information content (AvgIpc) is 3.27. The lowest BCUT2D eigenvalue weighted by Crippen LogP contribution is -2.41. The fourth-order valence-corrected chi connectivity index (χ4v) is 6.29. The maximum Gasteiger partial charge on any atom is 0.394 e. The molecule has 1 amide bonds. The molecule has 2 unspecified atom stereocenters. The molecule has 40 heavy (non-hydrogen) atoms. The minimum absolute atomic E-state index is 0.00107. The first kappa shape index (κ1) is 28.7. The van der Waals surface area contributed by atoms with E-state index < -0.39 is 17.8 Å². The summed E-state index contributed by atoms with van der Waals surface area (Å²) in [5, 5.41) is 5.99. The Hall–Kier alpha value is -2.77. The second kappa shape index (κ2) is 10.6. The van der Waals surface area contributed by atoms with Gasteiger partial charge in [-0.2, -0.15) is 23.7 Å². The van der Waals surface area contributed by atoms with Crippen LogP contribution in [-0.4, -0.2) is 51.8 Å². The Balaban J connectivity index is 1.30. The van der Waals surface area contributed by atoms with E-state index in [0.29, 0.717) is 23.1 Å². The highest BCUT2D eigenvalue weighted by Crippen LogP contribution is 2.59. The predicted molar refractivity (Wildman–Crippen MR) is 148 cm³/mol. The van der Waals surface area contributed by atoms with E-state index in [0.717, 1.165) is 23.6 Å². The maximum atomic E-state index is 13.4. The van der Waals surface area contributed by atoms with Crippen LogP contribution in [0.5, 0.6) is 0 Å². The van der Waals surface area contributed by atoms with E-state index in [-0.39, 0.29) is 37.3 Å². The fraction of sp³-hybridized carbons (Fsp3) is 0.593. The molecular formula is C27H36F3N7O2S. The van der Waals surface area contributed by atoms with Gasteiger partial charge in [0.2, 0.25) is 0 Å². The van der Waals surface area contributed by atoms with Gasteiger partial charge in [0, 0.05) is 38.1 Å². The number of carbonyl (C=O) groups is 1. The largest absolute Gasteiger partial charge is 0.394 e. The minimum atomic E-state index is -4.19. The van der Waals surface area contributed by atoms with Crippen LogP contribution in [0.2, 0.25) is 0 Å². The van der Waals surface area contributed by atoms with Gasteiger partial charge < -0.3 is 9.64 Å². The number of hydrazine groups is 1. The number of hydrogen-bond donors (Lipinski definition) is 2. The Labute approximate surface area is 236 Å². The van der Waals surface area contributed by atoms with Crippen LogP contribution in [0.25, 0.3) is 0 Å². The molecule has 1 saturated carbocycles. The van der Waals surface area contributed by atoms with Gasteiger partial charge in [-0.1, -0.05) is 6.92 Å². The number of amides is 1. The first-order valence-corrected chi connectivity index (χ1v) is 14.3. The van der Waals surface area contributed by atoms with Gasteiger partial charge in [0.25, 0.3) is 5.91 Å². The van der Waals surface area contributed by atoms with E-state index in [2.05, 4.69) is 40.9 Å². The topological polar surface area (TPSA) is 87.5 Å². The van der Waals surface area contributed by atoms with Gasteiger partial charge in [0.05, 0.1) is 21.6 Å². The Morgan fingerprint density at radius 1 is 1.30 bits per heavy atom. The molecule has 2 aliphatic heterocycles. The lowest BCUT2D eigenvalue weighted by Gasteiger charge is -2.34. The van der Waals surface area contributed by atoms with Gasteiger partial charge in [0.15, 0.2) is 0 Å². The van der Waals surface area contributed by atoms with Crippen molar-refractivity contribution in [3.05, 3.63) is 41.9 Å². The van der Waals surface area contributed by atoms with E-state index in [4.69, 9.17) is 9.72 Å². The summed E-state index contributed by atoms with van der Waals surface area (Å²) >= 11 is 1.22. The van der Waals surface area contributed by atoms with Crippen LogP contribution in [0.3, 0.4) is 0 Å². The van der Waals surface area contributed by atoms with E-state index in [1.807, 2.05) is 20.2 Å². The van der Waals surface area contributed by atoms with Gasteiger partial charge in [-0.15, -0.1) is 0 Å². The van der Waals surface area contributed by atoms with E-state index in [1.54, 1.807) is 34.1 Å². The standard InChI is InChI=1S/C27H36F3N7O2S/c1-17-14-25(3,4)36(15-17)23-19(24(38)34-40-20-16-35(5)32-18(20)2)6-7-21(31-23)37-12-8-22(33-37)39-13-11-26(9-10-26)27(28,29)30/h6-8,12,16-17,22,33H,9-11,13-15H2,1-5H3,(H,34,38). The molecule has 2 fully saturated rings. The molecule has 1 saturated heterocycles. The number of rotatable bonds is 9. The predicted octanol–water partition coefficient (Wildman–Crippen LogP) is 5.10. The highest BCUT2D eigenvalue weighted by Gasteiger charge is 2.62. The molecule has 0 aromatic carbocycles. The summed E-state index contributed by atoms with van der Waals surface area (Å²) in [6, 6.07) is 3.50. The summed E-state index contributed by atoms with van der Waals surface area (Å²) in [6.07, 6.45) is 1.82. The second-order valence-corrected chi connectivity index (χ2v) is 12.6. The molecule has 13 heteroatoms. The Kier molecular flexibility index (Phi) is 7.60. The number of carbonyl (C=O) groups excluding carboxylic acids is 1. The van der Waals surface area contributed by atoms with Crippen molar-refractivity contribution in [2.24, 2.45) is 18.4 Å². The molecule has 1 aliphatic carbocycles. The second-order valence-electron chi connectivity index (χ2n) is 11.7. The zero-order valence-electron chi connectivity index (χ0n) is 23.4. The first-order chi connectivity index (χ1) is 18.8. The quantitative estimate of drug-likeness (QED) is 0.397. The molecule has 0 spiro atoms. The number of anilines is 2. The lowest BCUT2D eigenvalue weighted by atomic mass is 9.97. The van der Waals surface area contributed by atoms with E-state index in [1.165, 1.54) is 11.9 Å². The van der Waals surface area contributed by atoms with Gasteiger partial charge in [0.1, 0.15) is 17.9 Å². The van der Waals surface area contributed by atoms with Crippen molar-refractivity contribution in [3.63, 3.8) is 0 Å². The Morgan fingerprint density at radius 2 is 2.05 bits per heavy atom. The lowest BCUT2D eigenvalue weighted by molar-refractivity contribution is -0.192. The molecular weight excluding hydrogens is 543 g/mol. The first-order valence-electron chi connectivity index (χ1n) is 13.5. The van der Waals surface area contributed by atoms with Gasteiger partial charge in [-0.3, -0.25) is 19.2 Å². The third kappa shape index (κ3) is 5.82. The number of pyridine rings is 1. The highest BCUT2D eigenvalue weighted by molar-refractivity contribution is 7.98. The highest BCUT2D eigenvalue weighted by atomic mass is 32.2. The smallest absolute Gasteiger partial charge is 0.358 e. The van der Waals surface area contributed by atoms with Crippen LogP contribution in [0.4, 0.5) is 24.8 Å². The molecule has 0 radical (unpaired) electrons. The van der Waals surface area contributed by atoms with Gasteiger partial charge in [-0.05, 0) is 82.5 Å². The molecule has 2 atom stereocenters. The molecule has 4 heterocycles. The summed E-state index contributed by atoms with van der Waals surface area (Å²) in [5.74, 6) is 1.29. The number of nitrogens with zero attached hydrogens (tertiary/aromatic N) is 5. The van der Waals surface area contributed by atoms with Crippen molar-refractivity contribution in [1.82, 2.24) is 24.9 Å². The summed E-state index contributed by atoms with van der Waals surface area (Å²) in [4.78, 5) is 21.3. The zero-order chi connectivity index (χ0) is 28.9. The third-order valence-corrected chi connectivity index (χ3v) is 8.82. The average molecular weight is 580 g/mol. The summed E-state index contributed by atoms with van der Waals surface area (Å²) in [5.41, 5.74) is 2.62. The van der Waals surface area contributed by atoms with Gasteiger partial charge in [-0.25, -0.2) is 4.98 Å². The number of ether oxygens (including phenoxy) is 1. The Bertz CT molecular complexity index is 1290. The molecule has 2 aromatic rings. The molecule has 2 aromatic heterocycles. The van der Waals surface area contributed by atoms with Crippen molar-refractivity contribution in [3.8, 4) is 0 Å². The van der Waals surface area contributed by atoms with Crippen molar-refractivity contribution < 1.29 is 22.7 Å². The van der Waals surface area contributed by atoms with Crippen LogP contribution in [0.1, 0.15) is 62.5 Å². The minimum Gasteiger partial charge on any atom is -0.358 e. The number of aryl methyl sites for hydroxylation is 2. The van der Waals surface area contributed by atoms with Crippen molar-refractivity contribution in [2.45, 2.75) is 76.2 Å². The monoisotopic (exact) mass is 579 g/mol. The Morgan fingerprint density at radius 3 is 2.65 bits per heavy atom. The van der Waals surface area contributed by atoms with Crippen LogP contribution in [0.15, 0.2) is 35.5 Å². The van der Waals surface area contributed by atoms with Crippen LogP contribution in [-0.2, 0) is 11.8 Å². The number of nitrogens with one attached hydrogen (secondary N) is 2. The van der Waals surface area contributed by atoms with E-state index in [9.17, 15) is 18.0 Å².